The summed E-state index contributed by atoms with van der Waals surface area (Å²) in [6.07, 6.45) is -8.92. The van der Waals surface area contributed by atoms with Crippen LogP contribution in [0.5, 0.6) is 0 Å². The second-order valence-corrected chi connectivity index (χ2v) is 5.40. The third-order valence-corrected chi connectivity index (χ3v) is 3.61. The van der Waals surface area contributed by atoms with Gasteiger partial charge in [0.15, 0.2) is 0 Å². The van der Waals surface area contributed by atoms with Crippen LogP contribution in [0.2, 0.25) is 0 Å². The van der Waals surface area contributed by atoms with Crippen LogP contribution in [-0.4, -0.2) is 29.2 Å². The highest BCUT2D eigenvalue weighted by Crippen LogP contribution is 2.37. The van der Waals surface area contributed by atoms with Crippen molar-refractivity contribution in [2.75, 3.05) is 13.1 Å². The Morgan fingerprint density at radius 3 is 2.32 bits per heavy atom. The molecule has 0 saturated carbocycles. The molecule has 0 unspecified atom stereocenters. The minimum Gasteiger partial charge on any atom is -0.392 e. The predicted molar refractivity (Wildman–Crippen MR) is 67.0 cm³/mol. The first-order valence-corrected chi connectivity index (χ1v) is 6.75. The molecule has 0 aliphatic carbocycles. The number of benzene rings is 1. The minimum absolute atomic E-state index is 0.160. The summed E-state index contributed by atoms with van der Waals surface area (Å²) in [7, 11) is 0. The third kappa shape index (κ3) is 4.13. The number of alkyl halides is 6. The maximum absolute atomic E-state index is 13.0. The molecule has 0 spiro atoms. The zero-order valence-corrected chi connectivity index (χ0v) is 11.5. The molecule has 1 aromatic carbocycles. The smallest absolute Gasteiger partial charge is 0.392 e. The van der Waals surface area contributed by atoms with E-state index < -0.39 is 35.1 Å². The SMILES string of the molecule is O[C@@H]1CCCN(Cc2cc(C(F)(F)F)ccc2C(F)(F)F)C1. The molecular formula is C14H15F6NO. The molecule has 22 heavy (non-hydrogen) atoms. The van der Waals surface area contributed by atoms with E-state index in [9.17, 15) is 31.4 Å². The van der Waals surface area contributed by atoms with Gasteiger partial charge < -0.3 is 5.11 Å². The molecule has 2 nitrogen and oxygen atoms in total. The average Bonchev–Trinajstić information content (AvgIpc) is 2.36. The highest BCUT2D eigenvalue weighted by Gasteiger charge is 2.37. The van der Waals surface area contributed by atoms with Crippen molar-refractivity contribution < 1.29 is 31.4 Å². The van der Waals surface area contributed by atoms with E-state index in [0.717, 1.165) is 0 Å². The summed E-state index contributed by atoms with van der Waals surface area (Å²) in [6, 6.07) is 1.46. The second kappa shape index (κ2) is 6.08. The lowest BCUT2D eigenvalue weighted by Crippen LogP contribution is -2.38. The molecule has 1 aromatic rings. The molecular weight excluding hydrogens is 312 g/mol. The number of aliphatic hydroxyl groups excluding tert-OH is 1. The molecule has 1 saturated heterocycles. The van der Waals surface area contributed by atoms with Gasteiger partial charge in [-0.3, -0.25) is 4.90 Å². The number of hydrogen-bond donors (Lipinski definition) is 1. The molecule has 0 radical (unpaired) electrons. The highest BCUT2D eigenvalue weighted by atomic mass is 19.4. The van der Waals surface area contributed by atoms with Crippen molar-refractivity contribution >= 4 is 0 Å². The van der Waals surface area contributed by atoms with Gasteiger partial charge in [0.05, 0.1) is 17.2 Å². The number of rotatable bonds is 2. The summed E-state index contributed by atoms with van der Waals surface area (Å²) in [5.41, 5.74) is -2.59. The lowest BCUT2D eigenvalue weighted by molar-refractivity contribution is -0.142. The van der Waals surface area contributed by atoms with Crippen LogP contribution in [0, 0.1) is 0 Å². The lowest BCUT2D eigenvalue weighted by Gasteiger charge is -2.31. The normalized spacial score (nSPS) is 21.1. The first-order chi connectivity index (χ1) is 10.1. The Bertz CT molecular complexity index is 525. The van der Waals surface area contributed by atoms with Gasteiger partial charge in [-0.05, 0) is 43.1 Å². The molecule has 1 heterocycles. The maximum Gasteiger partial charge on any atom is 0.416 e. The van der Waals surface area contributed by atoms with Crippen LogP contribution in [0.15, 0.2) is 18.2 Å². The Morgan fingerprint density at radius 2 is 1.77 bits per heavy atom. The third-order valence-electron chi connectivity index (χ3n) is 3.61. The van der Waals surface area contributed by atoms with Crippen molar-refractivity contribution in [3.63, 3.8) is 0 Å². The van der Waals surface area contributed by atoms with Gasteiger partial charge in [0.25, 0.3) is 0 Å². The Labute approximate surface area is 123 Å². The van der Waals surface area contributed by atoms with Crippen molar-refractivity contribution in [3.05, 3.63) is 34.9 Å². The largest absolute Gasteiger partial charge is 0.416 e. The van der Waals surface area contributed by atoms with Gasteiger partial charge in [0, 0.05) is 13.1 Å². The van der Waals surface area contributed by atoms with Gasteiger partial charge in [0.1, 0.15) is 0 Å². The van der Waals surface area contributed by atoms with Crippen LogP contribution in [0.1, 0.15) is 29.5 Å². The Balaban J connectivity index is 2.33. The fraction of sp³-hybridized carbons (Fsp3) is 0.571. The Kier molecular flexibility index (Phi) is 4.72. The van der Waals surface area contributed by atoms with Gasteiger partial charge in [-0.15, -0.1) is 0 Å². The molecule has 8 heteroatoms. The fourth-order valence-corrected chi connectivity index (χ4v) is 2.59. The van der Waals surface area contributed by atoms with Gasteiger partial charge in [-0.25, -0.2) is 0 Å². The number of nitrogens with zero attached hydrogens (tertiary/aromatic N) is 1. The maximum atomic E-state index is 13.0. The van der Waals surface area contributed by atoms with E-state index >= 15 is 0 Å². The first kappa shape index (κ1) is 17.1. The fourth-order valence-electron chi connectivity index (χ4n) is 2.59. The van der Waals surface area contributed by atoms with Gasteiger partial charge >= 0.3 is 12.4 Å². The summed E-state index contributed by atoms with van der Waals surface area (Å²) in [5.74, 6) is 0. The molecule has 1 aliphatic rings. The molecule has 0 bridgehead atoms. The topological polar surface area (TPSA) is 23.5 Å². The summed E-state index contributed by atoms with van der Waals surface area (Å²) < 4.78 is 77.0. The zero-order valence-electron chi connectivity index (χ0n) is 11.5. The van der Waals surface area contributed by atoms with Crippen LogP contribution < -0.4 is 0 Å². The van der Waals surface area contributed by atoms with E-state index in [4.69, 9.17) is 0 Å². The molecule has 0 aromatic heterocycles. The molecule has 1 N–H and O–H groups in total. The number of halogens is 6. The van der Waals surface area contributed by atoms with E-state index in [0.29, 0.717) is 37.6 Å². The van der Waals surface area contributed by atoms with Crippen molar-refractivity contribution in [1.82, 2.24) is 4.90 Å². The summed E-state index contributed by atoms with van der Waals surface area (Å²) >= 11 is 0. The average molecular weight is 327 g/mol. The standard InChI is InChI=1S/C14H15F6NO/c15-13(16,17)10-3-4-12(14(18,19)20)9(6-10)7-21-5-1-2-11(22)8-21/h3-4,6,11,22H,1-2,5,7-8H2/t11-/m1/s1. The Hall–Kier alpha value is -1.28. The molecule has 124 valence electrons. The molecule has 1 atom stereocenters. The zero-order chi connectivity index (χ0) is 16.5. The van der Waals surface area contributed by atoms with Crippen molar-refractivity contribution in [2.45, 2.75) is 37.8 Å². The number of piperidine rings is 1. The van der Waals surface area contributed by atoms with Crippen molar-refractivity contribution in [3.8, 4) is 0 Å². The highest BCUT2D eigenvalue weighted by molar-refractivity contribution is 5.35. The van der Waals surface area contributed by atoms with E-state index in [1.165, 1.54) is 0 Å². The summed E-state index contributed by atoms with van der Waals surface area (Å²) in [6.45, 7) is 0.341. The first-order valence-electron chi connectivity index (χ1n) is 6.75. The van der Waals surface area contributed by atoms with E-state index in [2.05, 4.69) is 0 Å². The predicted octanol–water partition coefficient (Wildman–Crippen LogP) is 3.68. The Morgan fingerprint density at radius 1 is 1.09 bits per heavy atom. The monoisotopic (exact) mass is 327 g/mol. The van der Waals surface area contributed by atoms with Crippen LogP contribution in [0.3, 0.4) is 0 Å². The van der Waals surface area contributed by atoms with Crippen molar-refractivity contribution in [2.24, 2.45) is 0 Å². The number of aliphatic hydroxyl groups is 1. The lowest BCUT2D eigenvalue weighted by atomic mass is 10.0. The second-order valence-electron chi connectivity index (χ2n) is 5.40. The summed E-state index contributed by atoms with van der Waals surface area (Å²) in [5, 5.41) is 9.53. The quantitative estimate of drug-likeness (QED) is 0.838. The van der Waals surface area contributed by atoms with E-state index in [-0.39, 0.29) is 13.1 Å². The molecule has 2 rings (SSSR count). The molecule has 1 aliphatic heterocycles. The molecule has 1 fully saturated rings. The van der Waals surface area contributed by atoms with Crippen LogP contribution in [0.25, 0.3) is 0 Å². The van der Waals surface area contributed by atoms with Gasteiger partial charge in [-0.1, -0.05) is 0 Å². The van der Waals surface area contributed by atoms with Crippen LogP contribution >= 0.6 is 0 Å². The van der Waals surface area contributed by atoms with E-state index in [1.807, 2.05) is 0 Å². The van der Waals surface area contributed by atoms with Crippen LogP contribution in [0.4, 0.5) is 26.3 Å². The minimum atomic E-state index is -4.71. The summed E-state index contributed by atoms with van der Waals surface area (Å²) in [4.78, 5) is 1.54. The van der Waals surface area contributed by atoms with Crippen molar-refractivity contribution in [1.29, 1.82) is 0 Å². The van der Waals surface area contributed by atoms with Crippen LogP contribution in [-0.2, 0) is 18.9 Å². The molecule has 0 amide bonds. The number of likely N-dealkylation sites (tertiary alicyclic amines) is 1. The van der Waals surface area contributed by atoms with E-state index in [1.54, 1.807) is 4.90 Å². The van der Waals surface area contributed by atoms with Gasteiger partial charge in [0.2, 0.25) is 0 Å². The van der Waals surface area contributed by atoms with Gasteiger partial charge in [-0.2, -0.15) is 26.3 Å². The number of hydrogen-bond acceptors (Lipinski definition) is 2. The number of β-amino-alcohol motifs (C(OH)–C–C–N with tert-alkyl or cyclic N) is 1.